The molecule has 0 spiro atoms. The second kappa shape index (κ2) is 26.0. The van der Waals surface area contributed by atoms with Crippen LogP contribution in [0.2, 0.25) is 0 Å². The highest BCUT2D eigenvalue weighted by Crippen LogP contribution is 2.36. The predicted octanol–water partition coefficient (Wildman–Crippen LogP) is 12.6. The Balaban J connectivity index is 0.000000139. The minimum Gasteiger partial charge on any atom is -0.507 e. The van der Waals surface area contributed by atoms with Gasteiger partial charge >= 0.3 is 5.97 Å². The van der Waals surface area contributed by atoms with Crippen LogP contribution in [-0.2, 0) is 6.54 Å². The van der Waals surface area contributed by atoms with Crippen molar-refractivity contribution in [3.63, 3.8) is 0 Å². The number of ether oxygens (including phenoxy) is 3. The summed E-state index contributed by atoms with van der Waals surface area (Å²) < 4.78 is 44.6. The van der Waals surface area contributed by atoms with E-state index in [1.807, 2.05) is 53.1 Å². The van der Waals surface area contributed by atoms with Crippen LogP contribution in [0.1, 0.15) is 66.2 Å². The van der Waals surface area contributed by atoms with E-state index in [4.69, 9.17) is 47.4 Å². The number of likely N-dealkylation sites (tertiary alicyclic amines) is 1. The number of aromatic hydroxyl groups is 1. The maximum atomic E-state index is 11.8. The van der Waals surface area contributed by atoms with Crippen LogP contribution in [0.15, 0.2) is 167 Å². The van der Waals surface area contributed by atoms with E-state index in [1.165, 1.54) is 16.3 Å². The van der Waals surface area contributed by atoms with Gasteiger partial charge in [0.05, 0.1) is 35.9 Å². The van der Waals surface area contributed by atoms with Crippen molar-refractivity contribution in [2.24, 2.45) is 16.8 Å². The number of aliphatic hydroxyl groups is 1. The van der Waals surface area contributed by atoms with E-state index >= 15 is 0 Å². The van der Waals surface area contributed by atoms with Crippen molar-refractivity contribution < 1.29 is 61.8 Å². The first-order valence-electron chi connectivity index (χ1n) is 27.5. The molecule has 0 aliphatic carbocycles. The van der Waals surface area contributed by atoms with Crippen molar-refractivity contribution in [1.29, 1.82) is 0 Å². The van der Waals surface area contributed by atoms with E-state index in [0.717, 1.165) is 58.9 Å². The molecule has 85 heavy (non-hydrogen) atoms. The number of oxime groups is 1. The number of methoxy groups -OCH3 is 2. The van der Waals surface area contributed by atoms with Gasteiger partial charge in [-0.15, -0.1) is 0 Å². The summed E-state index contributed by atoms with van der Waals surface area (Å²) >= 11 is 0. The van der Waals surface area contributed by atoms with E-state index in [2.05, 4.69) is 86.6 Å². The number of piperidine rings is 1. The third-order valence-corrected chi connectivity index (χ3v) is 14.3. The van der Waals surface area contributed by atoms with E-state index < -0.39 is 12.1 Å². The Morgan fingerprint density at radius 3 is 1.85 bits per heavy atom. The van der Waals surface area contributed by atoms with Crippen molar-refractivity contribution in [3.8, 4) is 46.2 Å². The van der Waals surface area contributed by atoms with Crippen molar-refractivity contribution in [2.75, 3.05) is 40.5 Å². The van der Waals surface area contributed by atoms with Crippen LogP contribution in [0.5, 0.6) is 23.0 Å². The molecule has 6 N–H and O–H groups in total. The molecule has 21 nitrogen and oxygen atoms in total. The Labute approximate surface area is 487 Å². The molecule has 438 valence electrons. The normalized spacial score (nSPS) is 13.3. The molecule has 1 aliphatic rings. The monoisotopic (exact) mass is 1150 g/mol. The highest BCUT2D eigenvalue weighted by atomic mass is 16.5. The second-order valence-electron chi connectivity index (χ2n) is 20.7. The van der Waals surface area contributed by atoms with E-state index in [0.29, 0.717) is 93.7 Å². The standard InChI is InChI=1S/C31H36N2O4.C12H10N2O3.C11H8N2O3.C10H10N2O3/c1-21(2)18-33-28-8-5-9-30(27(28)17-29(33)31(35)36)37-20-26(34)19-32-14-12-23(13-15-32)25-11-10-22-6-3-4-7-24(22)16-25;1-7-13-12(14-17-7)11-6-8-9(15-2)4-3-5-10(8)16-11;1-6-12-11(13-16-6)10-5-7-8(14)3-2-4-9(7)15-10;1-14-7-3-2-4-8-6(7)5-9(15-8)10(11)12-13/h3-11,16-17,21,23,26,34H,12-15,18-20H2,1-2H3,(H,35,36);3-6H,1-2H3;2-5,14H,1H3;2-5,13H,1H3,(H2,11,12)/t26-;;;/m0.../s1. The van der Waals surface area contributed by atoms with Crippen LogP contribution in [0, 0.1) is 19.8 Å². The first kappa shape index (κ1) is 58.1. The molecule has 21 heteroatoms. The lowest BCUT2D eigenvalue weighted by atomic mass is 9.88. The number of carboxylic acids is 1. The van der Waals surface area contributed by atoms with Gasteiger partial charge in [-0.1, -0.05) is 96.0 Å². The Morgan fingerprint density at radius 1 is 0.682 bits per heavy atom. The maximum absolute atomic E-state index is 11.8. The van der Waals surface area contributed by atoms with Crippen molar-refractivity contribution >= 4 is 66.4 Å². The van der Waals surface area contributed by atoms with Crippen LogP contribution in [-0.4, -0.2) is 109 Å². The average molecular weight is 1150 g/mol. The Bertz CT molecular complexity index is 4270. The zero-order valence-electron chi connectivity index (χ0n) is 47.6. The Morgan fingerprint density at radius 2 is 1.26 bits per heavy atom. The molecule has 1 fully saturated rings. The lowest BCUT2D eigenvalue weighted by Crippen LogP contribution is -2.40. The lowest BCUT2D eigenvalue weighted by Gasteiger charge is -2.33. The number of furan rings is 3. The number of benzene rings is 6. The number of hydrogen-bond acceptors (Lipinski definition) is 18. The fraction of sp³-hybridized carbons (Fsp3) is 0.250. The number of aromatic carboxylic acids is 1. The number of aryl methyl sites for hydroxylation is 2. The van der Waals surface area contributed by atoms with Gasteiger partial charge in [0.25, 0.3) is 0 Å². The summed E-state index contributed by atoms with van der Waals surface area (Å²) in [6.45, 7) is 10.8. The van der Waals surface area contributed by atoms with Gasteiger partial charge in [0, 0.05) is 32.3 Å². The lowest BCUT2D eigenvalue weighted by molar-refractivity contribution is 0.0599. The van der Waals surface area contributed by atoms with Crippen molar-refractivity contribution in [2.45, 2.75) is 59.1 Å². The number of aliphatic hydroxyl groups excluding tert-OH is 1. The third-order valence-electron chi connectivity index (χ3n) is 14.3. The second-order valence-corrected chi connectivity index (χ2v) is 20.7. The van der Waals surface area contributed by atoms with Gasteiger partial charge < -0.3 is 72.2 Å². The van der Waals surface area contributed by atoms with Gasteiger partial charge in [0.15, 0.2) is 17.3 Å². The molecule has 7 heterocycles. The summed E-state index contributed by atoms with van der Waals surface area (Å²) in [6, 6.07) is 43.9. The van der Waals surface area contributed by atoms with E-state index in [9.17, 15) is 20.1 Å². The topological polar surface area (TPSA) is 289 Å². The number of carboxylic acid groups (broad SMARTS) is 1. The molecule has 0 unspecified atom stereocenters. The molecule has 13 rings (SSSR count). The molecule has 0 amide bonds. The molecule has 0 radical (unpaired) electrons. The number of rotatable bonds is 14. The van der Waals surface area contributed by atoms with Crippen molar-refractivity contribution in [3.05, 3.63) is 168 Å². The summed E-state index contributed by atoms with van der Waals surface area (Å²) in [7, 11) is 3.20. The number of aromatic nitrogens is 5. The molecular formula is C64H64N8O13. The smallest absolute Gasteiger partial charge is 0.352 e. The predicted molar refractivity (Wildman–Crippen MR) is 320 cm³/mol. The minimum atomic E-state index is -0.949. The Hall–Kier alpha value is -10.1. The largest absolute Gasteiger partial charge is 0.507 e. The van der Waals surface area contributed by atoms with Gasteiger partial charge in [-0.25, -0.2) is 4.79 Å². The van der Waals surface area contributed by atoms with Gasteiger partial charge in [0.1, 0.15) is 58.2 Å². The van der Waals surface area contributed by atoms with Crippen LogP contribution in [0.25, 0.3) is 77.8 Å². The summed E-state index contributed by atoms with van der Waals surface area (Å²) in [5.41, 5.74) is 9.89. The number of nitrogens with two attached hydrogens (primary N) is 1. The maximum Gasteiger partial charge on any atom is 0.352 e. The first-order valence-corrected chi connectivity index (χ1v) is 27.5. The quantitative estimate of drug-likeness (QED) is 0.0293. The highest BCUT2D eigenvalue weighted by Gasteiger charge is 2.24. The summed E-state index contributed by atoms with van der Waals surface area (Å²) in [5, 5.41) is 54.7. The summed E-state index contributed by atoms with van der Waals surface area (Å²) in [6.07, 6.45) is 1.53. The summed E-state index contributed by atoms with van der Waals surface area (Å²) in [4.78, 5) is 22.3. The number of amidine groups is 1. The number of nitrogens with zero attached hydrogens (tertiary/aromatic N) is 7. The number of phenols is 1. The van der Waals surface area contributed by atoms with Gasteiger partial charge in [-0.05, 0) is 127 Å². The molecule has 6 aromatic heterocycles. The third kappa shape index (κ3) is 13.4. The zero-order valence-corrected chi connectivity index (χ0v) is 47.6. The zero-order chi connectivity index (χ0) is 59.7. The SMILES string of the molecule is CC(C)Cn1c(C(=O)O)cc2c(OC[C@@H](O)CN3CCC(c4ccc5ccccc5c4)CC3)cccc21.COc1cccc2oc(-c3noc(C)n3)cc12.COc1cccc2oc(C(N)=NO)cc12.Cc1nc(-c2cc3c(O)cccc3o2)no1. The van der Waals surface area contributed by atoms with Crippen LogP contribution in [0.3, 0.4) is 0 Å². The van der Waals surface area contributed by atoms with Gasteiger partial charge in [0.2, 0.25) is 29.3 Å². The first-order chi connectivity index (χ1) is 41.2. The number of hydrogen-bond donors (Lipinski definition) is 5. The number of carbonyl (C=O) groups is 1. The number of phenolic OH excluding ortho intramolecular Hbond substituents is 1. The molecule has 0 bridgehead atoms. The molecule has 6 aromatic carbocycles. The molecular weight excluding hydrogens is 1090 g/mol. The number of β-amino-alcohol motifs (C(OH)–C–C–N with tert-alkyl or cyclic N) is 1. The van der Waals surface area contributed by atoms with E-state index in [1.54, 1.807) is 76.6 Å². The highest BCUT2D eigenvalue weighted by molar-refractivity contribution is 6.00. The molecule has 1 aliphatic heterocycles. The number of fused-ring (bicyclic) bond motifs is 5. The molecule has 12 aromatic rings. The van der Waals surface area contributed by atoms with Crippen LogP contribution < -0.4 is 19.9 Å². The van der Waals surface area contributed by atoms with Crippen LogP contribution >= 0.6 is 0 Å². The molecule has 0 saturated carbocycles. The van der Waals surface area contributed by atoms with Gasteiger partial charge in [-0.2, -0.15) is 9.97 Å². The van der Waals surface area contributed by atoms with Gasteiger partial charge in [-0.3, -0.25) is 0 Å². The van der Waals surface area contributed by atoms with E-state index in [-0.39, 0.29) is 23.9 Å². The minimum absolute atomic E-state index is 0.0618. The molecule has 1 atom stereocenters. The van der Waals surface area contributed by atoms with Crippen molar-refractivity contribution in [1.82, 2.24) is 29.7 Å². The Kier molecular flexibility index (Phi) is 17.8. The summed E-state index contributed by atoms with van der Waals surface area (Å²) in [5.74, 6) is 5.25. The fourth-order valence-electron chi connectivity index (χ4n) is 10.2. The molecule has 1 saturated heterocycles. The van der Waals surface area contributed by atoms with Crippen LogP contribution in [0.4, 0.5) is 0 Å². The fourth-order valence-corrected chi connectivity index (χ4v) is 10.2. The average Bonchev–Trinajstić information content (AvgIpc) is 2.94.